The molecule has 1 amide bonds. The molecule has 1 N–H and O–H groups in total. The number of fused-ring (bicyclic) bond motifs is 1. The molecule has 0 radical (unpaired) electrons. The first-order chi connectivity index (χ1) is 8.75. The minimum absolute atomic E-state index is 0.206. The van der Waals surface area contributed by atoms with Gasteiger partial charge in [0.1, 0.15) is 11.3 Å². The average Bonchev–Trinajstić information content (AvgIpc) is 3.01. The van der Waals surface area contributed by atoms with E-state index in [0.29, 0.717) is 23.7 Å². The van der Waals surface area contributed by atoms with Crippen molar-refractivity contribution in [2.24, 2.45) is 0 Å². The van der Waals surface area contributed by atoms with E-state index in [0.717, 1.165) is 4.96 Å². The largest absolute Gasteiger partial charge is 0.467 e. The molecule has 3 heterocycles. The normalized spacial score (nSPS) is 10.9. The van der Waals surface area contributed by atoms with Crippen LogP contribution in [0.3, 0.4) is 0 Å². The lowest BCUT2D eigenvalue weighted by atomic mass is 10.3. The summed E-state index contributed by atoms with van der Waals surface area (Å²) in [6.45, 7) is 2.14. The number of carbonyl (C=O) groups excluding carboxylic acids is 1. The van der Waals surface area contributed by atoms with Crippen molar-refractivity contribution >= 4 is 22.2 Å². The van der Waals surface area contributed by atoms with Crippen molar-refractivity contribution in [1.82, 2.24) is 19.9 Å². The Hall–Kier alpha value is -2.15. The summed E-state index contributed by atoms with van der Waals surface area (Å²) in [7, 11) is 0. The van der Waals surface area contributed by atoms with Gasteiger partial charge in [0.15, 0.2) is 5.69 Å². The van der Waals surface area contributed by atoms with Gasteiger partial charge in [-0.3, -0.25) is 4.79 Å². The van der Waals surface area contributed by atoms with Gasteiger partial charge in [-0.25, -0.2) is 4.98 Å². The van der Waals surface area contributed by atoms with Crippen molar-refractivity contribution in [3.05, 3.63) is 41.1 Å². The third-order valence-electron chi connectivity index (χ3n) is 2.54. The number of amides is 1. The molecule has 0 spiro atoms. The molecule has 0 aliphatic carbocycles. The second-order valence-electron chi connectivity index (χ2n) is 3.74. The Bertz CT molecular complexity index is 683. The van der Waals surface area contributed by atoms with Crippen LogP contribution >= 0.6 is 11.3 Å². The van der Waals surface area contributed by atoms with E-state index in [2.05, 4.69) is 15.4 Å². The zero-order valence-corrected chi connectivity index (χ0v) is 10.4. The first-order valence-corrected chi connectivity index (χ1v) is 6.23. The Morgan fingerprint density at radius 2 is 2.50 bits per heavy atom. The highest BCUT2D eigenvalue weighted by atomic mass is 32.1. The number of aryl methyl sites for hydroxylation is 1. The lowest BCUT2D eigenvalue weighted by Crippen LogP contribution is -2.25. The zero-order chi connectivity index (χ0) is 12.5. The molecule has 0 bridgehead atoms. The summed E-state index contributed by atoms with van der Waals surface area (Å²) >= 11 is 1.40. The van der Waals surface area contributed by atoms with Gasteiger partial charge in [0.25, 0.3) is 5.91 Å². The van der Waals surface area contributed by atoms with Gasteiger partial charge < -0.3 is 9.73 Å². The van der Waals surface area contributed by atoms with Gasteiger partial charge in [-0.05, 0) is 19.1 Å². The van der Waals surface area contributed by atoms with Crippen molar-refractivity contribution in [3.8, 4) is 0 Å². The quantitative estimate of drug-likeness (QED) is 0.778. The van der Waals surface area contributed by atoms with Crippen molar-refractivity contribution in [1.29, 1.82) is 0 Å². The number of carbonyl (C=O) groups is 1. The molecule has 0 saturated heterocycles. The summed E-state index contributed by atoms with van der Waals surface area (Å²) in [5.41, 5.74) is 2.80. The highest BCUT2D eigenvalue weighted by molar-refractivity contribution is 7.14. The fraction of sp³-hybridized carbons (Fsp3) is 0.182. The molecule has 7 heteroatoms. The minimum atomic E-state index is -0.206. The van der Waals surface area contributed by atoms with Crippen LogP contribution in [0.2, 0.25) is 0 Å². The van der Waals surface area contributed by atoms with Gasteiger partial charge in [0, 0.05) is 0 Å². The maximum Gasteiger partial charge on any atom is 0.272 e. The Balaban J connectivity index is 1.83. The van der Waals surface area contributed by atoms with E-state index in [1.54, 1.807) is 29.3 Å². The predicted octanol–water partition coefficient (Wildman–Crippen LogP) is 1.62. The Morgan fingerprint density at radius 1 is 1.61 bits per heavy atom. The molecular formula is C11H10N4O2S. The first-order valence-electron chi connectivity index (χ1n) is 5.35. The third kappa shape index (κ3) is 1.78. The van der Waals surface area contributed by atoms with Crippen molar-refractivity contribution in [2.75, 3.05) is 0 Å². The second kappa shape index (κ2) is 4.26. The van der Waals surface area contributed by atoms with Crippen molar-refractivity contribution in [3.63, 3.8) is 0 Å². The van der Waals surface area contributed by atoms with Crippen LogP contribution in [0.5, 0.6) is 0 Å². The van der Waals surface area contributed by atoms with Crippen molar-refractivity contribution < 1.29 is 9.21 Å². The standard InChI is InChI=1S/C11H10N4O2S/c1-7-9(15-11(14-7)18-6-13-15)10(16)12-5-8-3-2-4-17-8/h2-4,6H,5H2,1H3,(H,12,16). The van der Waals surface area contributed by atoms with Crippen LogP contribution in [0.25, 0.3) is 4.96 Å². The smallest absolute Gasteiger partial charge is 0.272 e. The van der Waals surface area contributed by atoms with Gasteiger partial charge in [-0.15, -0.1) is 0 Å². The maximum atomic E-state index is 12.1. The molecule has 0 saturated carbocycles. The van der Waals surface area contributed by atoms with E-state index in [1.807, 2.05) is 6.07 Å². The fourth-order valence-electron chi connectivity index (χ4n) is 1.72. The van der Waals surface area contributed by atoms with Gasteiger partial charge in [0.05, 0.1) is 18.5 Å². The summed E-state index contributed by atoms with van der Waals surface area (Å²) in [6.07, 6.45) is 1.57. The highest BCUT2D eigenvalue weighted by Gasteiger charge is 2.18. The number of hydrogen-bond donors (Lipinski definition) is 1. The fourth-order valence-corrected chi connectivity index (χ4v) is 2.38. The number of aromatic nitrogens is 3. The number of imidazole rings is 1. The van der Waals surface area contributed by atoms with E-state index in [1.165, 1.54) is 11.3 Å². The molecule has 0 aromatic carbocycles. The molecule has 18 heavy (non-hydrogen) atoms. The molecule has 0 unspecified atom stereocenters. The maximum absolute atomic E-state index is 12.1. The van der Waals surface area contributed by atoms with Crippen LogP contribution in [-0.2, 0) is 6.54 Å². The summed E-state index contributed by atoms with van der Waals surface area (Å²) in [4.78, 5) is 17.1. The Kier molecular flexibility index (Phi) is 2.60. The van der Waals surface area contributed by atoms with E-state index in [4.69, 9.17) is 4.42 Å². The number of furan rings is 1. The zero-order valence-electron chi connectivity index (χ0n) is 9.58. The van der Waals surface area contributed by atoms with Crippen LogP contribution in [0, 0.1) is 6.92 Å². The van der Waals surface area contributed by atoms with Crippen LogP contribution in [-0.4, -0.2) is 20.5 Å². The van der Waals surface area contributed by atoms with Gasteiger partial charge in [0.2, 0.25) is 4.96 Å². The summed E-state index contributed by atoms with van der Waals surface area (Å²) < 4.78 is 6.71. The van der Waals surface area contributed by atoms with Crippen LogP contribution in [0.1, 0.15) is 21.9 Å². The SMILES string of the molecule is Cc1nc2scnn2c1C(=O)NCc1ccco1. The predicted molar refractivity (Wildman–Crippen MR) is 65.5 cm³/mol. The molecule has 0 aliphatic rings. The summed E-state index contributed by atoms with van der Waals surface area (Å²) in [5.74, 6) is 0.502. The van der Waals surface area contributed by atoms with Gasteiger partial charge in [-0.1, -0.05) is 11.3 Å². The van der Waals surface area contributed by atoms with Crippen LogP contribution in [0.15, 0.2) is 28.3 Å². The number of rotatable bonds is 3. The lowest BCUT2D eigenvalue weighted by molar-refractivity contribution is 0.0940. The highest BCUT2D eigenvalue weighted by Crippen LogP contribution is 2.14. The lowest BCUT2D eigenvalue weighted by Gasteiger charge is -2.02. The van der Waals surface area contributed by atoms with E-state index in [9.17, 15) is 4.79 Å². The Labute approximate surface area is 106 Å². The molecule has 0 aliphatic heterocycles. The summed E-state index contributed by atoms with van der Waals surface area (Å²) in [6, 6.07) is 3.59. The molecule has 6 nitrogen and oxygen atoms in total. The average molecular weight is 262 g/mol. The first kappa shape index (κ1) is 11.0. The number of nitrogens with zero attached hydrogens (tertiary/aromatic N) is 3. The van der Waals surface area contributed by atoms with Crippen LogP contribution in [0.4, 0.5) is 0 Å². The molecule has 3 rings (SSSR count). The Morgan fingerprint density at radius 3 is 3.28 bits per heavy atom. The number of nitrogens with one attached hydrogen (secondary N) is 1. The second-order valence-corrected chi connectivity index (χ2v) is 4.55. The van der Waals surface area contributed by atoms with E-state index >= 15 is 0 Å². The molecule has 0 fully saturated rings. The van der Waals surface area contributed by atoms with Crippen LogP contribution < -0.4 is 5.32 Å². The monoisotopic (exact) mass is 262 g/mol. The van der Waals surface area contributed by atoms with E-state index in [-0.39, 0.29) is 5.91 Å². The molecule has 0 atom stereocenters. The summed E-state index contributed by atoms with van der Waals surface area (Å²) in [5, 5.41) is 6.88. The third-order valence-corrected chi connectivity index (χ3v) is 3.21. The molecule has 3 aromatic rings. The number of hydrogen-bond acceptors (Lipinski definition) is 5. The topological polar surface area (TPSA) is 72.4 Å². The van der Waals surface area contributed by atoms with E-state index < -0.39 is 0 Å². The van der Waals surface area contributed by atoms with Crippen molar-refractivity contribution in [2.45, 2.75) is 13.5 Å². The van der Waals surface area contributed by atoms with Gasteiger partial charge >= 0.3 is 0 Å². The van der Waals surface area contributed by atoms with Gasteiger partial charge in [-0.2, -0.15) is 9.61 Å². The molecule has 92 valence electrons. The molecule has 3 aromatic heterocycles. The molecular weight excluding hydrogens is 252 g/mol. The minimum Gasteiger partial charge on any atom is -0.467 e.